The number of nitrogens with zero attached hydrogens (tertiary/aromatic N) is 2. The zero-order chi connectivity index (χ0) is 13.2. The third-order valence-electron chi connectivity index (χ3n) is 3.26. The van der Waals surface area contributed by atoms with Gasteiger partial charge in [-0.1, -0.05) is 6.42 Å². The van der Waals surface area contributed by atoms with Gasteiger partial charge in [0.15, 0.2) is 0 Å². The van der Waals surface area contributed by atoms with Crippen molar-refractivity contribution in [2.24, 2.45) is 10.8 Å². The summed E-state index contributed by atoms with van der Waals surface area (Å²) in [4.78, 5) is 6.96. The number of hydrogen-bond acceptors (Lipinski definition) is 4. The van der Waals surface area contributed by atoms with Crippen LogP contribution in [0.1, 0.15) is 26.2 Å². The van der Waals surface area contributed by atoms with Crippen molar-refractivity contribution >= 4 is 5.96 Å². The van der Waals surface area contributed by atoms with E-state index >= 15 is 0 Å². The van der Waals surface area contributed by atoms with Crippen molar-refractivity contribution in [2.75, 3.05) is 39.9 Å². The lowest BCUT2D eigenvalue weighted by Gasteiger charge is -2.31. The maximum absolute atomic E-state index is 5.42. The molecule has 4 N–H and O–H groups in total. The molecule has 6 nitrogen and oxygen atoms in total. The highest BCUT2D eigenvalue weighted by atomic mass is 16.5. The molecule has 1 aliphatic rings. The minimum Gasteiger partial charge on any atom is -0.383 e. The van der Waals surface area contributed by atoms with Crippen molar-refractivity contribution in [3.8, 4) is 0 Å². The second-order valence-electron chi connectivity index (χ2n) is 4.70. The Balaban J connectivity index is 2.29. The molecule has 1 rings (SSSR count). The molecule has 106 valence electrons. The fourth-order valence-electron chi connectivity index (χ4n) is 2.12. The first-order valence-corrected chi connectivity index (χ1v) is 6.76. The fraction of sp³-hybridized carbons (Fsp3) is 0.917. The zero-order valence-corrected chi connectivity index (χ0v) is 11.6. The molecule has 18 heavy (non-hydrogen) atoms. The van der Waals surface area contributed by atoms with E-state index < -0.39 is 0 Å². The minimum atomic E-state index is 0.470. The van der Waals surface area contributed by atoms with Crippen LogP contribution >= 0.6 is 0 Å². The smallest absolute Gasteiger partial charge is 0.205 e. The van der Waals surface area contributed by atoms with Crippen LogP contribution in [0.3, 0.4) is 0 Å². The van der Waals surface area contributed by atoms with Gasteiger partial charge in [-0.05, 0) is 32.9 Å². The number of guanidine groups is 1. The molecule has 1 saturated heterocycles. The number of rotatable bonds is 6. The van der Waals surface area contributed by atoms with E-state index in [0.29, 0.717) is 25.2 Å². The van der Waals surface area contributed by atoms with Gasteiger partial charge in [0.25, 0.3) is 0 Å². The monoisotopic (exact) mass is 257 g/mol. The molecule has 0 saturated carbocycles. The fourth-order valence-corrected chi connectivity index (χ4v) is 2.12. The van der Waals surface area contributed by atoms with Gasteiger partial charge in [-0.3, -0.25) is 15.3 Å². The third-order valence-corrected chi connectivity index (χ3v) is 3.26. The van der Waals surface area contributed by atoms with Crippen molar-refractivity contribution in [1.29, 1.82) is 0 Å². The summed E-state index contributed by atoms with van der Waals surface area (Å²) in [5, 5.41) is 3.10. The lowest BCUT2D eigenvalue weighted by atomic mass is 10.1. The first kappa shape index (κ1) is 15.2. The standard InChI is InChI=1S/C12H27N5O/c1-11(17-7-4-3-5-8-17)10-15-12(16-13)14-6-9-18-2/h11H,3-10,13H2,1-2H3,(H2,14,15,16). The summed E-state index contributed by atoms with van der Waals surface area (Å²) in [6, 6.07) is 0.470. The molecule has 0 amide bonds. The van der Waals surface area contributed by atoms with Crippen LogP contribution in [-0.4, -0.2) is 56.8 Å². The highest BCUT2D eigenvalue weighted by Crippen LogP contribution is 2.11. The molecule has 0 aromatic carbocycles. The predicted molar refractivity (Wildman–Crippen MR) is 74.4 cm³/mol. The normalized spacial score (nSPS) is 19.6. The van der Waals surface area contributed by atoms with Gasteiger partial charge in [-0.2, -0.15) is 0 Å². The van der Waals surface area contributed by atoms with Crippen LogP contribution in [0, 0.1) is 0 Å². The van der Waals surface area contributed by atoms with Crippen LogP contribution in [-0.2, 0) is 4.74 Å². The topological polar surface area (TPSA) is 74.9 Å². The second-order valence-corrected chi connectivity index (χ2v) is 4.70. The van der Waals surface area contributed by atoms with Crippen LogP contribution in [0.5, 0.6) is 0 Å². The van der Waals surface area contributed by atoms with Gasteiger partial charge < -0.3 is 10.1 Å². The SMILES string of the molecule is COCCNC(=NCC(C)N1CCCCC1)NN. The van der Waals surface area contributed by atoms with Gasteiger partial charge in [-0.25, -0.2) is 5.84 Å². The second kappa shape index (κ2) is 9.13. The van der Waals surface area contributed by atoms with E-state index in [0.717, 1.165) is 6.54 Å². The maximum atomic E-state index is 5.42. The number of nitrogens with two attached hydrogens (primary N) is 1. The van der Waals surface area contributed by atoms with Crippen LogP contribution < -0.4 is 16.6 Å². The van der Waals surface area contributed by atoms with Gasteiger partial charge in [0.2, 0.25) is 5.96 Å². The molecule has 1 fully saturated rings. The molecule has 1 heterocycles. The third kappa shape index (κ3) is 5.66. The quantitative estimate of drug-likeness (QED) is 0.204. The summed E-state index contributed by atoms with van der Waals surface area (Å²) in [6.07, 6.45) is 3.98. The van der Waals surface area contributed by atoms with E-state index in [-0.39, 0.29) is 0 Å². The predicted octanol–water partition coefficient (Wildman–Crippen LogP) is -0.0839. The number of ether oxygens (including phenoxy) is 1. The molecule has 0 aromatic heterocycles. The van der Waals surface area contributed by atoms with Crippen molar-refractivity contribution in [3.05, 3.63) is 0 Å². The van der Waals surface area contributed by atoms with Crippen molar-refractivity contribution in [2.45, 2.75) is 32.2 Å². The maximum Gasteiger partial charge on any atom is 0.205 e. The summed E-state index contributed by atoms with van der Waals surface area (Å²) in [5.74, 6) is 6.06. The largest absolute Gasteiger partial charge is 0.383 e. The number of nitrogens with one attached hydrogen (secondary N) is 2. The van der Waals surface area contributed by atoms with Crippen molar-refractivity contribution in [1.82, 2.24) is 15.6 Å². The Morgan fingerprint density at radius 3 is 2.72 bits per heavy atom. The Morgan fingerprint density at radius 1 is 1.39 bits per heavy atom. The summed E-state index contributed by atoms with van der Waals surface area (Å²) < 4.78 is 4.96. The van der Waals surface area contributed by atoms with Crippen LogP contribution in [0.2, 0.25) is 0 Å². The van der Waals surface area contributed by atoms with Gasteiger partial charge in [0, 0.05) is 19.7 Å². The minimum absolute atomic E-state index is 0.470. The lowest BCUT2D eigenvalue weighted by Crippen LogP contribution is -2.44. The molecular formula is C12H27N5O. The molecule has 0 spiro atoms. The molecule has 0 aliphatic carbocycles. The molecular weight excluding hydrogens is 230 g/mol. The van der Waals surface area contributed by atoms with E-state index in [4.69, 9.17) is 10.6 Å². The number of methoxy groups -OCH3 is 1. The molecule has 0 radical (unpaired) electrons. The first-order chi connectivity index (χ1) is 8.77. The van der Waals surface area contributed by atoms with E-state index in [1.54, 1.807) is 7.11 Å². The van der Waals surface area contributed by atoms with E-state index in [9.17, 15) is 0 Å². The van der Waals surface area contributed by atoms with Gasteiger partial charge in [-0.15, -0.1) is 0 Å². The van der Waals surface area contributed by atoms with Crippen LogP contribution in [0.25, 0.3) is 0 Å². The molecule has 0 aromatic rings. The Morgan fingerprint density at radius 2 is 2.11 bits per heavy atom. The average Bonchev–Trinajstić information content (AvgIpc) is 2.43. The zero-order valence-electron chi connectivity index (χ0n) is 11.6. The summed E-state index contributed by atoms with van der Waals surface area (Å²) in [7, 11) is 1.67. The lowest BCUT2D eigenvalue weighted by molar-refractivity contribution is 0.178. The molecule has 1 unspecified atom stereocenters. The first-order valence-electron chi connectivity index (χ1n) is 6.76. The Kier molecular flexibility index (Phi) is 7.71. The number of hydrogen-bond donors (Lipinski definition) is 3. The molecule has 0 bridgehead atoms. The number of hydrazine groups is 1. The number of piperidine rings is 1. The summed E-state index contributed by atoms with van der Waals surface area (Å²) in [6.45, 7) is 6.72. The number of aliphatic imine (C=N–C) groups is 1. The molecule has 6 heteroatoms. The Labute approximate surface area is 110 Å². The number of likely N-dealkylation sites (tertiary alicyclic amines) is 1. The molecule has 1 aliphatic heterocycles. The van der Waals surface area contributed by atoms with E-state index in [2.05, 4.69) is 27.6 Å². The summed E-state index contributed by atoms with van der Waals surface area (Å²) >= 11 is 0. The van der Waals surface area contributed by atoms with E-state index in [1.807, 2.05) is 0 Å². The van der Waals surface area contributed by atoms with E-state index in [1.165, 1.54) is 32.4 Å². The Bertz CT molecular complexity index is 241. The van der Waals surface area contributed by atoms with Crippen molar-refractivity contribution < 1.29 is 4.74 Å². The van der Waals surface area contributed by atoms with Gasteiger partial charge >= 0.3 is 0 Å². The Hall–Kier alpha value is -0.850. The van der Waals surface area contributed by atoms with Crippen LogP contribution in [0.15, 0.2) is 4.99 Å². The van der Waals surface area contributed by atoms with Crippen LogP contribution in [0.4, 0.5) is 0 Å². The molecule has 1 atom stereocenters. The average molecular weight is 257 g/mol. The summed E-state index contributed by atoms with van der Waals surface area (Å²) in [5.41, 5.74) is 2.58. The highest BCUT2D eigenvalue weighted by molar-refractivity contribution is 5.79. The van der Waals surface area contributed by atoms with Crippen molar-refractivity contribution in [3.63, 3.8) is 0 Å². The van der Waals surface area contributed by atoms with Gasteiger partial charge in [0.1, 0.15) is 0 Å². The van der Waals surface area contributed by atoms with Gasteiger partial charge in [0.05, 0.1) is 13.2 Å². The highest BCUT2D eigenvalue weighted by Gasteiger charge is 2.16.